The minimum Gasteiger partial charge on any atom is -0.379 e. The van der Waals surface area contributed by atoms with E-state index in [2.05, 4.69) is 10.2 Å². The van der Waals surface area contributed by atoms with E-state index >= 15 is 0 Å². The number of benzene rings is 2. The van der Waals surface area contributed by atoms with Crippen LogP contribution in [0.1, 0.15) is 21.5 Å². The van der Waals surface area contributed by atoms with Gasteiger partial charge in [0.2, 0.25) is 5.43 Å². The van der Waals surface area contributed by atoms with Crippen molar-refractivity contribution < 1.29 is 9.53 Å². The number of ether oxygens (including phenoxy) is 1. The summed E-state index contributed by atoms with van der Waals surface area (Å²) in [5.41, 5.74) is 2.74. The summed E-state index contributed by atoms with van der Waals surface area (Å²) in [5, 5.41) is 4.03. The van der Waals surface area contributed by atoms with E-state index in [1.54, 1.807) is 24.4 Å². The van der Waals surface area contributed by atoms with E-state index in [1.807, 2.05) is 35.9 Å². The van der Waals surface area contributed by atoms with Crippen LogP contribution in [0.25, 0.3) is 10.9 Å². The van der Waals surface area contributed by atoms with Crippen LogP contribution in [0.5, 0.6) is 0 Å². The second-order valence-electron chi connectivity index (χ2n) is 7.49. The third-order valence-electron chi connectivity index (χ3n) is 5.39. The molecule has 0 spiro atoms. The second-order valence-corrected chi connectivity index (χ2v) is 7.93. The molecule has 0 aliphatic carbocycles. The number of pyridine rings is 1. The number of carbonyl (C=O) groups is 1. The average molecular weight is 426 g/mol. The van der Waals surface area contributed by atoms with Gasteiger partial charge in [0, 0.05) is 49.8 Å². The summed E-state index contributed by atoms with van der Waals surface area (Å²) in [6.07, 6.45) is 1.63. The number of para-hydroxylation sites is 1. The largest absolute Gasteiger partial charge is 0.379 e. The zero-order valence-electron chi connectivity index (χ0n) is 16.9. The number of halogens is 1. The molecule has 3 aromatic rings. The predicted molar refractivity (Wildman–Crippen MR) is 118 cm³/mol. The molecular formula is C23H24ClN3O3. The standard InChI is InChI=1S/C23H24ClN3O3/c1-26-15-20(23(29)25-13-16-5-7-18(24)8-6-16)22(28)19-4-2-3-17(21(19)26)14-27-9-11-30-12-10-27/h2-8,15H,9-14H2,1H3,(H,25,29). The number of rotatable bonds is 5. The normalized spacial score (nSPS) is 14.7. The quantitative estimate of drug-likeness (QED) is 0.682. The minimum atomic E-state index is -0.383. The summed E-state index contributed by atoms with van der Waals surface area (Å²) in [6.45, 7) is 4.26. The van der Waals surface area contributed by atoms with E-state index in [-0.39, 0.29) is 16.9 Å². The van der Waals surface area contributed by atoms with Gasteiger partial charge >= 0.3 is 0 Å². The number of aryl methyl sites for hydroxylation is 1. The zero-order chi connectivity index (χ0) is 21.1. The molecule has 1 aliphatic heterocycles. The lowest BCUT2D eigenvalue weighted by Gasteiger charge is -2.27. The molecule has 0 bridgehead atoms. The number of aromatic nitrogens is 1. The van der Waals surface area contributed by atoms with Crippen molar-refractivity contribution >= 4 is 28.4 Å². The van der Waals surface area contributed by atoms with Gasteiger partial charge in [-0.2, -0.15) is 0 Å². The first kappa shape index (κ1) is 20.6. The van der Waals surface area contributed by atoms with E-state index in [0.717, 1.165) is 49.5 Å². The summed E-state index contributed by atoms with van der Waals surface area (Å²) < 4.78 is 7.30. The van der Waals surface area contributed by atoms with Crippen LogP contribution in [0.15, 0.2) is 53.5 Å². The molecule has 1 fully saturated rings. The summed E-state index contributed by atoms with van der Waals surface area (Å²) >= 11 is 5.90. The molecule has 0 atom stereocenters. The molecule has 1 saturated heterocycles. The van der Waals surface area contributed by atoms with Crippen molar-refractivity contribution in [3.63, 3.8) is 0 Å². The molecule has 30 heavy (non-hydrogen) atoms. The Morgan fingerprint density at radius 1 is 1.13 bits per heavy atom. The predicted octanol–water partition coefficient (Wildman–Crippen LogP) is 2.95. The van der Waals surface area contributed by atoms with Gasteiger partial charge in [0.25, 0.3) is 5.91 Å². The molecule has 7 heteroatoms. The molecule has 0 unspecified atom stereocenters. The summed E-state index contributed by atoms with van der Waals surface area (Å²) in [5.74, 6) is -0.383. The van der Waals surface area contributed by atoms with Gasteiger partial charge < -0.3 is 14.6 Å². The summed E-state index contributed by atoms with van der Waals surface area (Å²) in [7, 11) is 1.88. The topological polar surface area (TPSA) is 63.6 Å². The number of amides is 1. The lowest BCUT2D eigenvalue weighted by molar-refractivity contribution is 0.0343. The van der Waals surface area contributed by atoms with Gasteiger partial charge in [-0.05, 0) is 29.3 Å². The van der Waals surface area contributed by atoms with Crippen LogP contribution in [0, 0.1) is 0 Å². The van der Waals surface area contributed by atoms with Crippen molar-refractivity contribution in [2.75, 3.05) is 26.3 Å². The molecule has 6 nitrogen and oxygen atoms in total. The van der Waals surface area contributed by atoms with Gasteiger partial charge in [0.15, 0.2) is 0 Å². The Bertz CT molecular complexity index is 1120. The number of nitrogens with zero attached hydrogens (tertiary/aromatic N) is 2. The fourth-order valence-corrected chi connectivity index (χ4v) is 3.95. The lowest BCUT2D eigenvalue weighted by atomic mass is 10.1. The molecular weight excluding hydrogens is 402 g/mol. The van der Waals surface area contributed by atoms with Gasteiger partial charge in [-0.25, -0.2) is 0 Å². The number of fused-ring (bicyclic) bond motifs is 1. The minimum absolute atomic E-state index is 0.141. The molecule has 156 valence electrons. The molecule has 1 aromatic heterocycles. The van der Waals surface area contributed by atoms with Crippen LogP contribution in [-0.2, 0) is 24.9 Å². The number of hydrogen-bond donors (Lipinski definition) is 1. The highest BCUT2D eigenvalue weighted by atomic mass is 35.5. The zero-order valence-corrected chi connectivity index (χ0v) is 17.6. The summed E-state index contributed by atoms with van der Waals surface area (Å²) in [4.78, 5) is 28.1. The van der Waals surface area contributed by atoms with Crippen LogP contribution >= 0.6 is 11.6 Å². The van der Waals surface area contributed by atoms with E-state index < -0.39 is 0 Å². The number of morpholine rings is 1. The Morgan fingerprint density at radius 2 is 1.87 bits per heavy atom. The average Bonchev–Trinajstić information content (AvgIpc) is 2.76. The SMILES string of the molecule is Cn1cc(C(=O)NCc2ccc(Cl)cc2)c(=O)c2cccc(CN3CCOCC3)c21. The molecule has 4 rings (SSSR count). The maximum Gasteiger partial charge on any atom is 0.257 e. The lowest BCUT2D eigenvalue weighted by Crippen LogP contribution is -2.36. The number of hydrogen-bond acceptors (Lipinski definition) is 4. The smallest absolute Gasteiger partial charge is 0.257 e. The van der Waals surface area contributed by atoms with Crippen LogP contribution in [0.3, 0.4) is 0 Å². The van der Waals surface area contributed by atoms with Crippen LogP contribution in [0.2, 0.25) is 5.02 Å². The third kappa shape index (κ3) is 4.41. The van der Waals surface area contributed by atoms with E-state index in [1.165, 1.54) is 0 Å². The van der Waals surface area contributed by atoms with Gasteiger partial charge in [-0.1, -0.05) is 35.9 Å². The number of nitrogens with one attached hydrogen (secondary N) is 1. The highest BCUT2D eigenvalue weighted by Crippen LogP contribution is 2.19. The molecule has 1 aliphatic rings. The molecule has 0 radical (unpaired) electrons. The van der Waals surface area contributed by atoms with E-state index in [4.69, 9.17) is 16.3 Å². The highest BCUT2D eigenvalue weighted by Gasteiger charge is 2.18. The molecule has 1 N–H and O–H groups in total. The van der Waals surface area contributed by atoms with Crippen molar-refractivity contribution in [2.45, 2.75) is 13.1 Å². The van der Waals surface area contributed by atoms with E-state index in [0.29, 0.717) is 17.0 Å². The number of carbonyl (C=O) groups excluding carboxylic acids is 1. The first-order valence-electron chi connectivity index (χ1n) is 9.97. The van der Waals surface area contributed by atoms with Crippen LogP contribution in [-0.4, -0.2) is 41.7 Å². The molecule has 0 saturated carbocycles. The monoisotopic (exact) mass is 425 g/mol. The van der Waals surface area contributed by atoms with E-state index in [9.17, 15) is 9.59 Å². The Kier molecular flexibility index (Phi) is 6.18. The fourth-order valence-electron chi connectivity index (χ4n) is 3.82. The van der Waals surface area contributed by atoms with Crippen molar-refractivity contribution in [3.05, 3.63) is 80.6 Å². The van der Waals surface area contributed by atoms with Gasteiger partial charge in [0.05, 0.1) is 18.7 Å². The Labute approximate surface area is 180 Å². The van der Waals surface area contributed by atoms with Crippen molar-refractivity contribution in [1.29, 1.82) is 0 Å². The van der Waals surface area contributed by atoms with Crippen molar-refractivity contribution in [3.8, 4) is 0 Å². The Morgan fingerprint density at radius 3 is 2.60 bits per heavy atom. The van der Waals surface area contributed by atoms with Crippen molar-refractivity contribution in [1.82, 2.24) is 14.8 Å². The van der Waals surface area contributed by atoms with Gasteiger partial charge in [-0.15, -0.1) is 0 Å². The highest BCUT2D eigenvalue weighted by molar-refractivity contribution is 6.30. The van der Waals surface area contributed by atoms with Gasteiger partial charge in [-0.3, -0.25) is 14.5 Å². The molecule has 2 aromatic carbocycles. The maximum absolute atomic E-state index is 13.1. The first-order chi connectivity index (χ1) is 14.5. The molecule has 2 heterocycles. The first-order valence-corrected chi connectivity index (χ1v) is 10.3. The Balaban J connectivity index is 1.60. The van der Waals surface area contributed by atoms with Crippen LogP contribution < -0.4 is 10.7 Å². The fraction of sp³-hybridized carbons (Fsp3) is 0.304. The van der Waals surface area contributed by atoms with Gasteiger partial charge in [0.1, 0.15) is 5.56 Å². The maximum atomic E-state index is 13.1. The molecule has 1 amide bonds. The summed E-state index contributed by atoms with van der Waals surface area (Å²) in [6, 6.07) is 12.9. The second kappa shape index (κ2) is 9.00. The third-order valence-corrected chi connectivity index (χ3v) is 5.64. The van der Waals surface area contributed by atoms with Crippen molar-refractivity contribution in [2.24, 2.45) is 7.05 Å². The van der Waals surface area contributed by atoms with Crippen LogP contribution in [0.4, 0.5) is 0 Å². The Hall–Kier alpha value is -2.67.